The lowest BCUT2D eigenvalue weighted by Gasteiger charge is -2.36. The van der Waals surface area contributed by atoms with Crippen molar-refractivity contribution in [2.75, 3.05) is 19.7 Å². The van der Waals surface area contributed by atoms with Crippen LogP contribution < -0.4 is 11.2 Å². The molecule has 1 spiro atoms. The largest absolute Gasteiger partial charge is 0.466 e. The summed E-state index contributed by atoms with van der Waals surface area (Å²) in [4.78, 5) is 31.4. The van der Waals surface area contributed by atoms with Crippen molar-refractivity contribution in [3.63, 3.8) is 0 Å². The van der Waals surface area contributed by atoms with Crippen LogP contribution in [-0.4, -0.2) is 47.9 Å². The van der Waals surface area contributed by atoms with E-state index in [1.165, 1.54) is 0 Å². The molecule has 1 aromatic rings. The molecule has 1 fully saturated rings. The second-order valence-corrected chi connectivity index (χ2v) is 7.00. The molecule has 4 N–H and O–H groups in total. The molecule has 28 heavy (non-hydrogen) atoms. The van der Waals surface area contributed by atoms with E-state index in [0.29, 0.717) is 38.1 Å². The van der Waals surface area contributed by atoms with Crippen LogP contribution in [0.2, 0.25) is 0 Å². The minimum Gasteiger partial charge on any atom is -0.466 e. The van der Waals surface area contributed by atoms with Gasteiger partial charge in [-0.1, -0.05) is 24.3 Å². The summed E-state index contributed by atoms with van der Waals surface area (Å²) in [6.45, 7) is 3.24. The van der Waals surface area contributed by atoms with Gasteiger partial charge in [-0.3, -0.25) is 25.3 Å². The van der Waals surface area contributed by atoms with E-state index in [1.54, 1.807) is 24.0 Å². The third-order valence-electron chi connectivity index (χ3n) is 5.09. The van der Waals surface area contributed by atoms with Crippen LogP contribution in [0.15, 0.2) is 30.3 Å². The summed E-state index contributed by atoms with van der Waals surface area (Å²) < 4.78 is 4.87. The van der Waals surface area contributed by atoms with E-state index in [4.69, 9.17) is 20.7 Å². The molecule has 0 aliphatic carbocycles. The Bertz CT molecular complexity index is 780. The highest BCUT2D eigenvalue weighted by atomic mass is 16.7. The van der Waals surface area contributed by atoms with Crippen molar-refractivity contribution in [3.8, 4) is 0 Å². The SMILES string of the molecule is CCOC(=O)CCC(=O)N1CCC2(C=C(c3ccc(C(=N)N)cc3)NO2)CC1. The standard InChI is InChI=1S/C20H26N4O4/c1-2-27-18(26)8-7-17(25)24-11-9-20(10-12-24)13-16(23-28-20)14-3-5-15(6-4-14)19(21)22/h3-6,13,23H,2,7-12H2,1H3,(H3,21,22). The summed E-state index contributed by atoms with van der Waals surface area (Å²) in [7, 11) is 0. The molecule has 3 rings (SSSR count). The summed E-state index contributed by atoms with van der Waals surface area (Å²) in [5, 5.41) is 7.46. The molecule has 0 atom stereocenters. The Kier molecular flexibility index (Phi) is 5.99. The monoisotopic (exact) mass is 386 g/mol. The van der Waals surface area contributed by atoms with E-state index in [-0.39, 0.29) is 30.6 Å². The number of carbonyl (C=O) groups is 2. The van der Waals surface area contributed by atoms with Crippen LogP contribution in [0.25, 0.3) is 5.70 Å². The normalized spacial score (nSPS) is 17.8. The van der Waals surface area contributed by atoms with Crippen molar-refractivity contribution in [3.05, 3.63) is 41.5 Å². The number of ether oxygens (including phenoxy) is 1. The number of esters is 1. The Morgan fingerprint density at radius 1 is 1.25 bits per heavy atom. The molecule has 0 aromatic heterocycles. The molecule has 0 saturated carbocycles. The number of rotatable bonds is 6. The summed E-state index contributed by atoms with van der Waals surface area (Å²) in [5.74, 6) is -0.332. The second-order valence-electron chi connectivity index (χ2n) is 7.00. The van der Waals surface area contributed by atoms with Crippen molar-refractivity contribution in [2.24, 2.45) is 5.73 Å². The van der Waals surface area contributed by atoms with E-state index in [0.717, 1.165) is 11.3 Å². The number of benzene rings is 1. The summed E-state index contributed by atoms with van der Waals surface area (Å²) >= 11 is 0. The summed E-state index contributed by atoms with van der Waals surface area (Å²) in [6.07, 6.45) is 3.72. The fourth-order valence-corrected chi connectivity index (χ4v) is 3.43. The molecule has 1 saturated heterocycles. The highest BCUT2D eigenvalue weighted by Crippen LogP contribution is 2.34. The average Bonchev–Trinajstić information content (AvgIpc) is 3.10. The molecule has 0 bridgehead atoms. The first kappa shape index (κ1) is 19.9. The average molecular weight is 386 g/mol. The number of hydrogen-bond donors (Lipinski definition) is 3. The van der Waals surface area contributed by atoms with Crippen LogP contribution in [0, 0.1) is 5.41 Å². The molecule has 150 valence electrons. The molecule has 2 aliphatic rings. The lowest BCUT2D eigenvalue weighted by Crippen LogP contribution is -2.46. The van der Waals surface area contributed by atoms with Gasteiger partial charge in [0.15, 0.2) is 0 Å². The zero-order chi connectivity index (χ0) is 20.1. The van der Waals surface area contributed by atoms with Gasteiger partial charge in [-0.05, 0) is 18.6 Å². The van der Waals surface area contributed by atoms with E-state index in [2.05, 4.69) is 11.6 Å². The van der Waals surface area contributed by atoms with Gasteiger partial charge in [0.2, 0.25) is 5.91 Å². The summed E-state index contributed by atoms with van der Waals surface area (Å²) in [6, 6.07) is 7.39. The number of amidine groups is 1. The van der Waals surface area contributed by atoms with Gasteiger partial charge in [0.05, 0.1) is 18.7 Å². The van der Waals surface area contributed by atoms with Gasteiger partial charge in [-0.2, -0.15) is 0 Å². The van der Waals surface area contributed by atoms with Gasteiger partial charge >= 0.3 is 5.97 Å². The number of carbonyl (C=O) groups excluding carboxylic acids is 2. The van der Waals surface area contributed by atoms with Crippen LogP contribution in [0.3, 0.4) is 0 Å². The second kappa shape index (κ2) is 8.43. The number of nitrogens with one attached hydrogen (secondary N) is 2. The number of nitrogens with two attached hydrogens (primary N) is 1. The highest BCUT2D eigenvalue weighted by Gasteiger charge is 2.39. The first-order valence-corrected chi connectivity index (χ1v) is 9.47. The predicted molar refractivity (Wildman–Crippen MR) is 104 cm³/mol. The number of nitrogens with zero attached hydrogens (tertiary/aromatic N) is 1. The number of hydrogen-bond acceptors (Lipinski definition) is 6. The first-order chi connectivity index (χ1) is 13.4. The van der Waals surface area contributed by atoms with Gasteiger partial charge in [0.1, 0.15) is 11.4 Å². The van der Waals surface area contributed by atoms with Crippen molar-refractivity contribution >= 4 is 23.4 Å². The lowest BCUT2D eigenvalue weighted by molar-refractivity contribution is -0.147. The molecule has 0 unspecified atom stereocenters. The highest BCUT2D eigenvalue weighted by molar-refractivity contribution is 5.95. The van der Waals surface area contributed by atoms with Crippen molar-refractivity contribution in [2.45, 2.75) is 38.2 Å². The van der Waals surface area contributed by atoms with Crippen molar-refractivity contribution < 1.29 is 19.2 Å². The third-order valence-corrected chi connectivity index (χ3v) is 5.09. The number of amides is 1. The topological polar surface area (TPSA) is 118 Å². The fraction of sp³-hybridized carbons (Fsp3) is 0.450. The molecule has 0 radical (unpaired) electrons. The zero-order valence-corrected chi connectivity index (χ0v) is 16.0. The maximum Gasteiger partial charge on any atom is 0.306 e. The molecule has 1 aromatic carbocycles. The third kappa shape index (κ3) is 4.51. The number of likely N-dealkylation sites (tertiary alicyclic amines) is 1. The Balaban J connectivity index is 1.55. The number of piperidine rings is 1. The Hall–Kier alpha value is -2.87. The molecule has 2 aliphatic heterocycles. The minimum atomic E-state index is -0.438. The van der Waals surface area contributed by atoms with Crippen LogP contribution in [0.4, 0.5) is 0 Å². The molecule has 1 amide bonds. The van der Waals surface area contributed by atoms with E-state index in [1.807, 2.05) is 12.1 Å². The van der Waals surface area contributed by atoms with Gasteiger partial charge in [0, 0.05) is 37.9 Å². The lowest BCUT2D eigenvalue weighted by atomic mass is 9.90. The minimum absolute atomic E-state index is 0.0297. The molecule has 2 heterocycles. The van der Waals surface area contributed by atoms with Crippen molar-refractivity contribution in [1.29, 1.82) is 5.41 Å². The first-order valence-electron chi connectivity index (χ1n) is 9.47. The van der Waals surface area contributed by atoms with Gasteiger partial charge in [0.25, 0.3) is 0 Å². The molecular formula is C20H26N4O4. The number of nitrogen functional groups attached to an aromatic ring is 1. The number of hydroxylamine groups is 1. The van der Waals surface area contributed by atoms with E-state index >= 15 is 0 Å². The summed E-state index contributed by atoms with van der Waals surface area (Å²) in [5.41, 5.74) is 10.5. The van der Waals surface area contributed by atoms with Crippen LogP contribution in [0.1, 0.15) is 43.7 Å². The van der Waals surface area contributed by atoms with E-state index < -0.39 is 5.60 Å². The van der Waals surface area contributed by atoms with Crippen LogP contribution in [0.5, 0.6) is 0 Å². The van der Waals surface area contributed by atoms with Gasteiger partial charge in [-0.15, -0.1) is 0 Å². The molecule has 8 heteroatoms. The fourth-order valence-electron chi connectivity index (χ4n) is 3.43. The quantitative estimate of drug-likeness (QED) is 0.388. The Morgan fingerprint density at radius 2 is 1.93 bits per heavy atom. The van der Waals surface area contributed by atoms with Crippen LogP contribution >= 0.6 is 0 Å². The van der Waals surface area contributed by atoms with Gasteiger partial charge in [-0.25, -0.2) is 0 Å². The van der Waals surface area contributed by atoms with Crippen molar-refractivity contribution in [1.82, 2.24) is 10.4 Å². The van der Waals surface area contributed by atoms with E-state index in [9.17, 15) is 9.59 Å². The maximum absolute atomic E-state index is 12.3. The molecule has 8 nitrogen and oxygen atoms in total. The van der Waals surface area contributed by atoms with Gasteiger partial charge < -0.3 is 15.4 Å². The Morgan fingerprint density at radius 3 is 2.54 bits per heavy atom. The van der Waals surface area contributed by atoms with Crippen LogP contribution in [-0.2, 0) is 19.2 Å². The molecular weight excluding hydrogens is 360 g/mol. The zero-order valence-electron chi connectivity index (χ0n) is 16.0. The Labute approximate surface area is 164 Å². The maximum atomic E-state index is 12.3. The smallest absolute Gasteiger partial charge is 0.306 e. The predicted octanol–water partition coefficient (Wildman–Crippen LogP) is 1.55.